The molecule has 2 N–H and O–H groups in total. The van der Waals surface area contributed by atoms with Gasteiger partial charge in [-0.3, -0.25) is 0 Å². The lowest BCUT2D eigenvalue weighted by atomic mass is 10.2. The van der Waals surface area contributed by atoms with Crippen LogP contribution in [0, 0.1) is 0 Å². The van der Waals surface area contributed by atoms with Crippen LogP contribution in [0.1, 0.15) is 46.5 Å². The number of rotatable bonds is 7. The van der Waals surface area contributed by atoms with Gasteiger partial charge < -0.3 is 15.4 Å². The van der Waals surface area contributed by atoms with Crippen molar-refractivity contribution in [3.8, 4) is 5.75 Å². The molecule has 1 fully saturated rings. The van der Waals surface area contributed by atoms with Crippen molar-refractivity contribution in [2.24, 2.45) is 0 Å². The molecule has 1 aliphatic rings. The minimum Gasteiger partial charge on any atom is -0.489 e. The molecule has 0 bridgehead atoms. The topological polar surface area (TPSA) is 38.5 Å². The number of nitrogen functional groups attached to an aromatic ring is 1. The van der Waals surface area contributed by atoms with Crippen LogP contribution in [-0.2, 0) is 0 Å². The molecule has 1 aromatic carbocycles. The highest BCUT2D eigenvalue weighted by atomic mass is 16.5. The Morgan fingerprint density at radius 3 is 2.68 bits per heavy atom. The van der Waals surface area contributed by atoms with Gasteiger partial charge in [-0.05, 0) is 45.2 Å². The van der Waals surface area contributed by atoms with Crippen molar-refractivity contribution in [3.63, 3.8) is 0 Å². The number of unbranched alkanes of at least 4 members (excludes halogenated alkanes) is 1. The number of anilines is 2. The molecule has 3 nitrogen and oxygen atoms in total. The summed E-state index contributed by atoms with van der Waals surface area (Å²) in [6.45, 7) is 7.43. The van der Waals surface area contributed by atoms with Gasteiger partial charge in [0.2, 0.25) is 0 Å². The second-order valence-corrected chi connectivity index (χ2v) is 5.67. The molecule has 1 saturated carbocycles. The van der Waals surface area contributed by atoms with Crippen LogP contribution in [-0.4, -0.2) is 18.7 Å². The zero-order valence-electron chi connectivity index (χ0n) is 12.4. The van der Waals surface area contributed by atoms with Crippen molar-refractivity contribution in [1.82, 2.24) is 0 Å². The van der Waals surface area contributed by atoms with Crippen LogP contribution >= 0.6 is 0 Å². The molecule has 0 aromatic heterocycles. The minimum absolute atomic E-state index is 0.155. The number of benzene rings is 1. The molecular weight excluding hydrogens is 236 g/mol. The first-order valence-electron chi connectivity index (χ1n) is 7.44. The lowest BCUT2D eigenvalue weighted by Gasteiger charge is -2.25. The molecule has 19 heavy (non-hydrogen) atoms. The Hall–Kier alpha value is -1.38. The highest BCUT2D eigenvalue weighted by Crippen LogP contribution is 2.35. The maximum absolute atomic E-state index is 5.99. The maximum Gasteiger partial charge on any atom is 0.144 e. The van der Waals surface area contributed by atoms with Gasteiger partial charge in [-0.15, -0.1) is 0 Å². The van der Waals surface area contributed by atoms with E-state index in [9.17, 15) is 0 Å². The third kappa shape index (κ3) is 3.79. The molecule has 0 heterocycles. The Labute approximate surface area is 116 Å². The van der Waals surface area contributed by atoms with Crippen LogP contribution in [0.15, 0.2) is 18.2 Å². The largest absolute Gasteiger partial charge is 0.489 e. The third-order valence-electron chi connectivity index (χ3n) is 3.43. The number of hydrogen-bond donors (Lipinski definition) is 1. The van der Waals surface area contributed by atoms with Gasteiger partial charge in [0.1, 0.15) is 5.75 Å². The van der Waals surface area contributed by atoms with E-state index in [2.05, 4.69) is 24.0 Å². The van der Waals surface area contributed by atoms with E-state index in [1.54, 1.807) is 0 Å². The van der Waals surface area contributed by atoms with Gasteiger partial charge in [-0.25, -0.2) is 0 Å². The fraction of sp³-hybridized carbons (Fsp3) is 0.625. The third-order valence-corrected chi connectivity index (χ3v) is 3.43. The maximum atomic E-state index is 5.99. The first-order valence-corrected chi connectivity index (χ1v) is 7.44. The summed E-state index contributed by atoms with van der Waals surface area (Å²) in [5.74, 6) is 0.814. The van der Waals surface area contributed by atoms with E-state index >= 15 is 0 Å². The van der Waals surface area contributed by atoms with E-state index in [1.807, 2.05) is 19.9 Å². The zero-order valence-corrected chi connectivity index (χ0v) is 12.4. The summed E-state index contributed by atoms with van der Waals surface area (Å²) in [5.41, 5.74) is 7.96. The molecule has 0 saturated heterocycles. The lowest BCUT2D eigenvalue weighted by Crippen LogP contribution is -2.26. The first kappa shape index (κ1) is 14.0. The SMILES string of the molecule is CCCCN(c1ccc(N)c(OC(C)C)c1)C1CC1. The van der Waals surface area contributed by atoms with Gasteiger partial charge >= 0.3 is 0 Å². The molecule has 0 amide bonds. The van der Waals surface area contributed by atoms with Crippen LogP contribution in [0.25, 0.3) is 0 Å². The molecule has 3 heteroatoms. The Kier molecular flexibility index (Phi) is 4.56. The van der Waals surface area contributed by atoms with Crippen molar-refractivity contribution in [2.45, 2.75) is 58.6 Å². The van der Waals surface area contributed by atoms with Crippen LogP contribution in [0.5, 0.6) is 5.75 Å². The van der Waals surface area contributed by atoms with Gasteiger partial charge in [-0.2, -0.15) is 0 Å². The molecule has 1 aromatic rings. The fourth-order valence-electron chi connectivity index (χ4n) is 2.29. The molecule has 0 unspecified atom stereocenters. The Balaban J connectivity index is 2.17. The summed E-state index contributed by atoms with van der Waals surface area (Å²) in [4.78, 5) is 2.51. The monoisotopic (exact) mass is 262 g/mol. The molecular formula is C16H26N2O. The molecule has 0 aliphatic heterocycles. The predicted octanol–water partition coefficient (Wildman–Crippen LogP) is 3.82. The van der Waals surface area contributed by atoms with Gasteiger partial charge in [0, 0.05) is 24.3 Å². The minimum atomic E-state index is 0.155. The van der Waals surface area contributed by atoms with E-state index in [4.69, 9.17) is 10.5 Å². The smallest absolute Gasteiger partial charge is 0.144 e. The summed E-state index contributed by atoms with van der Waals surface area (Å²) in [6, 6.07) is 6.91. The molecule has 106 valence electrons. The molecule has 1 aliphatic carbocycles. The summed E-state index contributed by atoms with van der Waals surface area (Å²) in [6.07, 6.45) is 5.25. The normalized spacial score (nSPS) is 14.7. The molecule has 0 spiro atoms. The second kappa shape index (κ2) is 6.18. The van der Waals surface area contributed by atoms with E-state index < -0.39 is 0 Å². The van der Waals surface area contributed by atoms with Crippen LogP contribution < -0.4 is 15.4 Å². The highest BCUT2D eigenvalue weighted by Gasteiger charge is 2.29. The van der Waals surface area contributed by atoms with Gasteiger partial charge in [0.25, 0.3) is 0 Å². The number of nitrogens with two attached hydrogens (primary N) is 1. The summed E-state index contributed by atoms with van der Waals surface area (Å²) >= 11 is 0. The standard InChI is InChI=1S/C16H26N2O/c1-4-5-10-18(13-6-7-13)14-8-9-15(17)16(11-14)19-12(2)3/h8-9,11-13H,4-7,10,17H2,1-3H3. The van der Waals surface area contributed by atoms with E-state index in [0.29, 0.717) is 0 Å². The Morgan fingerprint density at radius 1 is 1.37 bits per heavy atom. The summed E-state index contributed by atoms with van der Waals surface area (Å²) in [7, 11) is 0. The molecule has 2 rings (SSSR count). The van der Waals surface area contributed by atoms with Gasteiger partial charge in [-0.1, -0.05) is 13.3 Å². The zero-order chi connectivity index (χ0) is 13.8. The number of nitrogens with zero attached hydrogens (tertiary/aromatic N) is 1. The fourth-order valence-corrected chi connectivity index (χ4v) is 2.29. The summed E-state index contributed by atoms with van der Waals surface area (Å²) in [5, 5.41) is 0. The lowest BCUT2D eigenvalue weighted by molar-refractivity contribution is 0.244. The Bertz CT molecular complexity index is 413. The summed E-state index contributed by atoms with van der Waals surface area (Å²) < 4.78 is 5.79. The quantitative estimate of drug-likeness (QED) is 0.759. The van der Waals surface area contributed by atoms with Gasteiger partial charge in [0.15, 0.2) is 0 Å². The van der Waals surface area contributed by atoms with Crippen molar-refractivity contribution in [2.75, 3.05) is 17.2 Å². The van der Waals surface area contributed by atoms with Crippen molar-refractivity contribution in [3.05, 3.63) is 18.2 Å². The highest BCUT2D eigenvalue weighted by molar-refractivity contribution is 5.63. The number of hydrogen-bond acceptors (Lipinski definition) is 3. The Morgan fingerprint density at radius 2 is 2.11 bits per heavy atom. The van der Waals surface area contributed by atoms with Crippen LogP contribution in [0.3, 0.4) is 0 Å². The van der Waals surface area contributed by atoms with E-state index in [0.717, 1.165) is 24.0 Å². The van der Waals surface area contributed by atoms with Gasteiger partial charge in [0.05, 0.1) is 11.8 Å². The average Bonchev–Trinajstić information content (AvgIpc) is 3.17. The number of ether oxygens (including phenoxy) is 1. The van der Waals surface area contributed by atoms with Crippen molar-refractivity contribution >= 4 is 11.4 Å². The van der Waals surface area contributed by atoms with Crippen LogP contribution in [0.4, 0.5) is 11.4 Å². The second-order valence-electron chi connectivity index (χ2n) is 5.67. The predicted molar refractivity (Wildman–Crippen MR) is 81.9 cm³/mol. The van der Waals surface area contributed by atoms with Crippen molar-refractivity contribution in [1.29, 1.82) is 0 Å². The molecule has 0 radical (unpaired) electrons. The van der Waals surface area contributed by atoms with E-state index in [1.165, 1.54) is 31.4 Å². The van der Waals surface area contributed by atoms with Crippen molar-refractivity contribution < 1.29 is 4.74 Å². The average molecular weight is 262 g/mol. The first-order chi connectivity index (χ1) is 9.11. The van der Waals surface area contributed by atoms with E-state index in [-0.39, 0.29) is 6.10 Å². The van der Waals surface area contributed by atoms with Crippen LogP contribution in [0.2, 0.25) is 0 Å². The molecule has 0 atom stereocenters.